The minimum atomic E-state index is -0.284. The number of rotatable bonds is 6. The molecule has 4 rings (SSSR count). The molecular formula is C26H25N3OS. The predicted molar refractivity (Wildman–Crippen MR) is 129 cm³/mol. The quantitative estimate of drug-likeness (QED) is 0.354. The number of urea groups is 1. The summed E-state index contributed by atoms with van der Waals surface area (Å²) >= 11 is 1.42. The maximum absolute atomic E-state index is 12.8. The van der Waals surface area contributed by atoms with Crippen molar-refractivity contribution in [3.8, 4) is 11.3 Å². The highest BCUT2D eigenvalue weighted by Gasteiger charge is 2.17. The van der Waals surface area contributed by atoms with Crippen LogP contribution in [0.5, 0.6) is 0 Å². The summed E-state index contributed by atoms with van der Waals surface area (Å²) < 4.78 is 0. The number of nitrogens with one attached hydrogen (secondary N) is 2. The highest BCUT2D eigenvalue weighted by Crippen LogP contribution is 2.27. The monoisotopic (exact) mass is 427 g/mol. The van der Waals surface area contributed by atoms with Crippen molar-refractivity contribution in [3.63, 3.8) is 0 Å². The molecule has 2 amide bonds. The Balaban J connectivity index is 1.47. The average Bonchev–Trinajstić information content (AvgIpc) is 3.27. The van der Waals surface area contributed by atoms with Gasteiger partial charge in [0.2, 0.25) is 0 Å². The van der Waals surface area contributed by atoms with Gasteiger partial charge in [-0.15, -0.1) is 11.3 Å². The summed E-state index contributed by atoms with van der Waals surface area (Å²) in [6, 6.07) is 27.8. The molecular weight excluding hydrogens is 402 g/mol. The Bertz CT molecular complexity index is 1080. The van der Waals surface area contributed by atoms with Crippen LogP contribution in [0.1, 0.15) is 42.5 Å². The predicted octanol–water partition coefficient (Wildman–Crippen LogP) is 6.84. The van der Waals surface area contributed by atoms with Crippen molar-refractivity contribution in [2.45, 2.75) is 25.8 Å². The van der Waals surface area contributed by atoms with E-state index >= 15 is 0 Å². The number of aromatic nitrogens is 1. The van der Waals surface area contributed by atoms with E-state index in [1.54, 1.807) is 0 Å². The van der Waals surface area contributed by atoms with Crippen molar-refractivity contribution in [1.82, 2.24) is 10.3 Å². The first-order chi connectivity index (χ1) is 15.1. The molecule has 0 atom stereocenters. The van der Waals surface area contributed by atoms with Gasteiger partial charge in [-0.1, -0.05) is 98.8 Å². The molecule has 31 heavy (non-hydrogen) atoms. The van der Waals surface area contributed by atoms with E-state index in [-0.39, 0.29) is 12.1 Å². The number of thiazole rings is 1. The van der Waals surface area contributed by atoms with E-state index in [1.165, 1.54) is 16.9 Å². The van der Waals surface area contributed by atoms with Gasteiger partial charge in [0, 0.05) is 10.9 Å². The van der Waals surface area contributed by atoms with Gasteiger partial charge in [0.25, 0.3) is 0 Å². The van der Waals surface area contributed by atoms with Gasteiger partial charge >= 0.3 is 6.03 Å². The molecule has 0 aliphatic heterocycles. The molecule has 3 aromatic carbocycles. The molecule has 5 heteroatoms. The maximum atomic E-state index is 12.8. The summed E-state index contributed by atoms with van der Waals surface area (Å²) in [5.41, 5.74) is 5.24. The Hall–Kier alpha value is -3.44. The summed E-state index contributed by atoms with van der Waals surface area (Å²) in [6.45, 7) is 4.35. The number of carbonyl (C=O) groups is 1. The van der Waals surface area contributed by atoms with Crippen LogP contribution in [0.3, 0.4) is 0 Å². The summed E-state index contributed by atoms with van der Waals surface area (Å²) in [7, 11) is 0. The van der Waals surface area contributed by atoms with Crippen LogP contribution in [0.15, 0.2) is 90.3 Å². The molecule has 0 radical (unpaired) electrons. The third-order valence-electron chi connectivity index (χ3n) is 5.14. The molecule has 0 fully saturated rings. The average molecular weight is 428 g/mol. The normalized spacial score (nSPS) is 11.0. The molecule has 0 unspecified atom stereocenters. The minimum Gasteiger partial charge on any atom is -0.327 e. The largest absolute Gasteiger partial charge is 0.327 e. The topological polar surface area (TPSA) is 54.0 Å². The van der Waals surface area contributed by atoms with Crippen LogP contribution in [0.25, 0.3) is 11.3 Å². The van der Waals surface area contributed by atoms with Crippen LogP contribution in [0.4, 0.5) is 9.93 Å². The van der Waals surface area contributed by atoms with E-state index < -0.39 is 0 Å². The number of amides is 2. The van der Waals surface area contributed by atoms with Gasteiger partial charge in [-0.3, -0.25) is 5.32 Å². The van der Waals surface area contributed by atoms with Crippen molar-refractivity contribution in [2.24, 2.45) is 0 Å². The standard InChI is InChI=1S/C26H25N3OS/c1-18(2)19-13-15-20(16-14-19)23-17-31-26(27-23)29-25(30)28-24(21-9-5-3-6-10-21)22-11-7-4-8-12-22/h3-18,24H,1-2H3,(H2,27,28,29,30). The third-order valence-corrected chi connectivity index (χ3v) is 5.90. The van der Waals surface area contributed by atoms with Crippen LogP contribution in [-0.4, -0.2) is 11.0 Å². The zero-order valence-corrected chi connectivity index (χ0v) is 18.4. The maximum Gasteiger partial charge on any atom is 0.321 e. The number of hydrogen-bond donors (Lipinski definition) is 2. The van der Waals surface area contributed by atoms with Crippen LogP contribution >= 0.6 is 11.3 Å². The van der Waals surface area contributed by atoms with Gasteiger partial charge in [0.15, 0.2) is 5.13 Å². The van der Waals surface area contributed by atoms with Crippen LogP contribution in [-0.2, 0) is 0 Å². The molecule has 0 saturated heterocycles. The Morgan fingerprint density at radius 3 is 1.94 bits per heavy atom. The second kappa shape index (κ2) is 9.58. The Morgan fingerprint density at radius 2 is 1.39 bits per heavy atom. The van der Waals surface area contributed by atoms with E-state index in [1.807, 2.05) is 66.0 Å². The lowest BCUT2D eigenvalue weighted by Crippen LogP contribution is -2.33. The molecule has 1 aromatic heterocycles. The van der Waals surface area contributed by atoms with Crippen LogP contribution in [0, 0.1) is 0 Å². The van der Waals surface area contributed by atoms with Gasteiger partial charge in [-0.05, 0) is 22.6 Å². The van der Waals surface area contributed by atoms with Crippen molar-refractivity contribution in [1.29, 1.82) is 0 Å². The van der Waals surface area contributed by atoms with E-state index in [9.17, 15) is 4.79 Å². The van der Waals surface area contributed by atoms with Crippen LogP contribution < -0.4 is 10.6 Å². The van der Waals surface area contributed by atoms with E-state index in [4.69, 9.17) is 0 Å². The van der Waals surface area contributed by atoms with Crippen molar-refractivity contribution in [2.75, 3.05) is 5.32 Å². The third kappa shape index (κ3) is 5.19. The highest BCUT2D eigenvalue weighted by molar-refractivity contribution is 7.14. The lowest BCUT2D eigenvalue weighted by molar-refractivity contribution is 0.250. The molecule has 156 valence electrons. The van der Waals surface area contributed by atoms with Gasteiger partial charge in [-0.25, -0.2) is 9.78 Å². The Labute approximate surface area is 187 Å². The molecule has 0 spiro atoms. The zero-order valence-electron chi connectivity index (χ0n) is 17.6. The molecule has 4 nitrogen and oxygen atoms in total. The Kier molecular flexibility index (Phi) is 6.43. The Morgan fingerprint density at radius 1 is 0.806 bits per heavy atom. The van der Waals surface area contributed by atoms with Gasteiger partial charge in [-0.2, -0.15) is 0 Å². The van der Waals surface area contributed by atoms with Gasteiger partial charge in [0.05, 0.1) is 11.7 Å². The van der Waals surface area contributed by atoms with Crippen molar-refractivity contribution >= 4 is 22.5 Å². The lowest BCUT2D eigenvalue weighted by atomic mass is 9.99. The molecule has 1 heterocycles. The summed E-state index contributed by atoms with van der Waals surface area (Å²) in [6.07, 6.45) is 0. The van der Waals surface area contributed by atoms with Crippen LogP contribution in [0.2, 0.25) is 0 Å². The first-order valence-electron chi connectivity index (χ1n) is 10.3. The number of hydrogen-bond acceptors (Lipinski definition) is 3. The smallest absolute Gasteiger partial charge is 0.321 e. The summed E-state index contributed by atoms with van der Waals surface area (Å²) in [5, 5.41) is 8.51. The first-order valence-corrected chi connectivity index (χ1v) is 11.2. The number of nitrogens with zero attached hydrogens (tertiary/aromatic N) is 1. The van der Waals surface area contributed by atoms with E-state index in [0.29, 0.717) is 11.0 Å². The van der Waals surface area contributed by atoms with Gasteiger partial charge in [0.1, 0.15) is 0 Å². The number of carbonyl (C=O) groups excluding carboxylic acids is 1. The molecule has 0 aliphatic carbocycles. The lowest BCUT2D eigenvalue weighted by Gasteiger charge is -2.19. The fourth-order valence-electron chi connectivity index (χ4n) is 3.42. The second-order valence-electron chi connectivity index (χ2n) is 7.67. The zero-order chi connectivity index (χ0) is 21.6. The fourth-order valence-corrected chi connectivity index (χ4v) is 4.13. The highest BCUT2D eigenvalue weighted by atomic mass is 32.1. The molecule has 4 aromatic rings. The molecule has 0 aliphatic rings. The SMILES string of the molecule is CC(C)c1ccc(-c2csc(NC(=O)NC(c3ccccc3)c3ccccc3)n2)cc1. The van der Waals surface area contributed by atoms with Gasteiger partial charge < -0.3 is 5.32 Å². The van der Waals surface area contributed by atoms with Crippen molar-refractivity contribution < 1.29 is 4.79 Å². The number of benzene rings is 3. The second-order valence-corrected chi connectivity index (χ2v) is 8.53. The number of anilines is 1. The van der Waals surface area contributed by atoms with E-state index in [0.717, 1.165) is 22.4 Å². The molecule has 0 bridgehead atoms. The molecule has 2 N–H and O–H groups in total. The fraction of sp³-hybridized carbons (Fsp3) is 0.154. The first kappa shape index (κ1) is 20.8. The molecule has 0 saturated carbocycles. The van der Waals surface area contributed by atoms with Crippen molar-refractivity contribution in [3.05, 3.63) is 107 Å². The minimum absolute atomic E-state index is 0.245. The summed E-state index contributed by atoms with van der Waals surface area (Å²) in [5.74, 6) is 0.493. The van der Waals surface area contributed by atoms with E-state index in [2.05, 4.69) is 53.7 Å². The summed E-state index contributed by atoms with van der Waals surface area (Å²) in [4.78, 5) is 17.4.